The van der Waals surface area contributed by atoms with Crippen molar-refractivity contribution < 1.29 is 14.3 Å². The molecule has 0 saturated carbocycles. The summed E-state index contributed by atoms with van der Waals surface area (Å²) in [5, 5.41) is 3.42. The van der Waals surface area contributed by atoms with Crippen LogP contribution in [0, 0.1) is 13.8 Å². The third-order valence-electron chi connectivity index (χ3n) is 6.53. The van der Waals surface area contributed by atoms with Crippen LogP contribution in [0.25, 0.3) is 6.08 Å². The SMILES string of the molecule is Cc1cc([SH]2C=Cc3ccccc32)cc(C)c1OCC(=O)OC1(C)CCc2cc(Cl)cc(Cl)c21. The predicted molar refractivity (Wildman–Crippen MR) is 141 cm³/mol. The summed E-state index contributed by atoms with van der Waals surface area (Å²) in [6.07, 6.45) is 3.63. The number of aryl methyl sites for hydroxylation is 3. The molecule has 6 heteroatoms. The van der Waals surface area contributed by atoms with Gasteiger partial charge < -0.3 is 9.47 Å². The molecule has 3 aromatic rings. The molecule has 3 aromatic carbocycles. The summed E-state index contributed by atoms with van der Waals surface area (Å²) in [5.74, 6) is 0.315. The normalized spacial score (nSPS) is 21.3. The minimum atomic E-state index is -0.782. The first-order chi connectivity index (χ1) is 16.2. The van der Waals surface area contributed by atoms with Gasteiger partial charge in [-0.2, -0.15) is 10.9 Å². The number of carbonyl (C=O) groups is 1. The Balaban J connectivity index is 1.29. The average Bonchev–Trinajstić information content (AvgIpc) is 3.34. The lowest BCUT2D eigenvalue weighted by atomic mass is 9.98. The van der Waals surface area contributed by atoms with Crippen LogP contribution >= 0.6 is 34.1 Å². The van der Waals surface area contributed by atoms with Crippen molar-refractivity contribution in [2.45, 2.75) is 49.0 Å². The number of fused-ring (bicyclic) bond motifs is 2. The Kier molecular flexibility index (Phi) is 6.18. The monoisotopic (exact) mass is 512 g/mol. The summed E-state index contributed by atoms with van der Waals surface area (Å²) in [7, 11) is -0.519. The van der Waals surface area contributed by atoms with Gasteiger partial charge in [-0.15, -0.1) is 0 Å². The summed E-state index contributed by atoms with van der Waals surface area (Å²) in [5.41, 5.74) is 4.40. The highest BCUT2D eigenvalue weighted by atomic mass is 35.5. The molecule has 2 unspecified atom stereocenters. The topological polar surface area (TPSA) is 35.5 Å². The number of esters is 1. The lowest BCUT2D eigenvalue weighted by molar-refractivity contribution is -0.161. The van der Waals surface area contributed by atoms with E-state index in [1.54, 1.807) is 6.07 Å². The molecule has 176 valence electrons. The molecule has 5 rings (SSSR count). The molecule has 0 aromatic heterocycles. The van der Waals surface area contributed by atoms with E-state index in [1.807, 2.05) is 26.8 Å². The van der Waals surface area contributed by atoms with Crippen LogP contribution in [0.15, 0.2) is 63.7 Å². The van der Waals surface area contributed by atoms with Crippen molar-refractivity contribution in [1.82, 2.24) is 0 Å². The van der Waals surface area contributed by atoms with Crippen molar-refractivity contribution in [3.8, 4) is 5.75 Å². The van der Waals surface area contributed by atoms with E-state index in [2.05, 4.69) is 47.9 Å². The van der Waals surface area contributed by atoms with Gasteiger partial charge in [-0.05, 0) is 103 Å². The summed E-state index contributed by atoms with van der Waals surface area (Å²) in [4.78, 5) is 15.4. The van der Waals surface area contributed by atoms with Crippen LogP contribution in [-0.2, 0) is 21.6 Å². The number of carbonyl (C=O) groups excluding carboxylic acids is 1. The highest BCUT2D eigenvalue weighted by Gasteiger charge is 2.40. The average molecular weight is 513 g/mol. The second-order valence-electron chi connectivity index (χ2n) is 9.07. The smallest absolute Gasteiger partial charge is 0.345 e. The highest BCUT2D eigenvalue weighted by molar-refractivity contribution is 8.20. The number of halogens is 2. The summed E-state index contributed by atoms with van der Waals surface area (Å²) in [6.45, 7) is 5.79. The van der Waals surface area contributed by atoms with E-state index < -0.39 is 22.5 Å². The number of thiol groups is 1. The van der Waals surface area contributed by atoms with Crippen LogP contribution in [0.3, 0.4) is 0 Å². The number of benzene rings is 3. The fraction of sp³-hybridized carbons (Fsp3) is 0.250. The van der Waals surface area contributed by atoms with E-state index in [0.717, 1.165) is 34.4 Å². The van der Waals surface area contributed by atoms with Crippen molar-refractivity contribution in [3.63, 3.8) is 0 Å². The van der Waals surface area contributed by atoms with E-state index in [-0.39, 0.29) is 6.61 Å². The van der Waals surface area contributed by atoms with E-state index in [0.29, 0.717) is 16.5 Å². The van der Waals surface area contributed by atoms with Crippen molar-refractivity contribution in [1.29, 1.82) is 0 Å². The Labute approximate surface area is 213 Å². The van der Waals surface area contributed by atoms with Crippen molar-refractivity contribution >= 4 is 46.1 Å². The number of ether oxygens (including phenoxy) is 2. The van der Waals surface area contributed by atoms with E-state index in [1.165, 1.54) is 15.4 Å². The first kappa shape index (κ1) is 23.3. The molecule has 1 aliphatic carbocycles. The molecule has 3 nitrogen and oxygen atoms in total. The number of hydrogen-bond donors (Lipinski definition) is 1. The second-order valence-corrected chi connectivity index (χ2v) is 11.9. The maximum atomic E-state index is 12.8. The van der Waals surface area contributed by atoms with Gasteiger partial charge >= 0.3 is 5.97 Å². The molecule has 1 aliphatic heterocycles. The first-order valence-electron chi connectivity index (χ1n) is 11.3. The van der Waals surface area contributed by atoms with E-state index in [4.69, 9.17) is 32.7 Å². The maximum absolute atomic E-state index is 12.8. The van der Waals surface area contributed by atoms with Gasteiger partial charge in [0.2, 0.25) is 0 Å². The molecule has 0 radical (unpaired) electrons. The molecule has 34 heavy (non-hydrogen) atoms. The van der Waals surface area contributed by atoms with Gasteiger partial charge in [-0.1, -0.05) is 41.4 Å². The minimum absolute atomic E-state index is 0.158. The Morgan fingerprint density at radius 2 is 1.82 bits per heavy atom. The van der Waals surface area contributed by atoms with Gasteiger partial charge in [-0.25, -0.2) is 4.79 Å². The van der Waals surface area contributed by atoms with E-state index in [9.17, 15) is 4.79 Å². The zero-order chi connectivity index (χ0) is 24.0. The third kappa shape index (κ3) is 4.24. The highest BCUT2D eigenvalue weighted by Crippen LogP contribution is 2.53. The third-order valence-corrected chi connectivity index (χ3v) is 9.24. The Morgan fingerprint density at radius 1 is 1.09 bits per heavy atom. The van der Waals surface area contributed by atoms with Crippen LogP contribution in [0.1, 0.15) is 41.2 Å². The van der Waals surface area contributed by atoms with Crippen molar-refractivity contribution in [2.24, 2.45) is 0 Å². The summed E-state index contributed by atoms with van der Waals surface area (Å²) in [6, 6.07) is 16.5. The Hall–Kier alpha value is -2.40. The van der Waals surface area contributed by atoms with Crippen LogP contribution in [0.2, 0.25) is 10.0 Å². The van der Waals surface area contributed by atoms with Crippen LogP contribution in [-0.4, -0.2) is 12.6 Å². The van der Waals surface area contributed by atoms with Gasteiger partial charge in [0.05, 0.1) is 0 Å². The Bertz CT molecular complexity index is 1310. The Morgan fingerprint density at radius 3 is 2.59 bits per heavy atom. The molecule has 0 fully saturated rings. The lowest BCUT2D eigenvalue weighted by Crippen LogP contribution is -2.29. The molecule has 0 bridgehead atoms. The zero-order valence-corrected chi connectivity index (χ0v) is 21.7. The molecule has 2 aliphatic rings. The molecular weight excluding hydrogens is 487 g/mol. The fourth-order valence-electron chi connectivity index (χ4n) is 5.03. The van der Waals surface area contributed by atoms with Crippen LogP contribution in [0.5, 0.6) is 5.75 Å². The molecule has 0 saturated heterocycles. The molecule has 0 N–H and O–H groups in total. The largest absolute Gasteiger partial charge is 0.481 e. The molecule has 2 atom stereocenters. The van der Waals surface area contributed by atoms with Gasteiger partial charge in [-0.3, -0.25) is 0 Å². The predicted octanol–water partition coefficient (Wildman–Crippen LogP) is 7.80. The maximum Gasteiger partial charge on any atom is 0.345 e. The van der Waals surface area contributed by atoms with Crippen LogP contribution in [0.4, 0.5) is 0 Å². The zero-order valence-electron chi connectivity index (χ0n) is 19.3. The molecule has 1 heterocycles. The lowest BCUT2D eigenvalue weighted by Gasteiger charge is -2.27. The standard InChI is InChI=1S/C28H26Cl2O3S/c1-17-12-22(34-11-9-19-6-4-5-7-24(19)34)13-18(2)27(17)32-16-25(31)33-28(3)10-8-20-14-21(29)15-23(30)26(20)28/h4-7,9,11-15,34H,8,10,16H2,1-3H3. The molecule has 0 spiro atoms. The van der Waals surface area contributed by atoms with Gasteiger partial charge in [0.1, 0.15) is 11.4 Å². The van der Waals surface area contributed by atoms with Gasteiger partial charge in [0.15, 0.2) is 6.61 Å². The summed E-state index contributed by atoms with van der Waals surface area (Å²) >= 11 is 12.6. The fourth-order valence-corrected chi connectivity index (χ4v) is 8.03. The number of hydrogen-bond acceptors (Lipinski definition) is 3. The van der Waals surface area contributed by atoms with E-state index >= 15 is 0 Å². The van der Waals surface area contributed by atoms with Gasteiger partial charge in [0.25, 0.3) is 0 Å². The minimum Gasteiger partial charge on any atom is -0.481 e. The first-order valence-corrected chi connectivity index (χ1v) is 13.4. The second kappa shape index (κ2) is 8.99. The molecule has 0 amide bonds. The van der Waals surface area contributed by atoms with Gasteiger partial charge in [0, 0.05) is 20.5 Å². The van der Waals surface area contributed by atoms with Crippen molar-refractivity contribution in [2.75, 3.05) is 6.61 Å². The quantitative estimate of drug-likeness (QED) is 0.279. The number of rotatable bonds is 5. The molecular formula is C28H26Cl2O3S. The van der Waals surface area contributed by atoms with Crippen LogP contribution < -0.4 is 4.74 Å². The summed E-state index contributed by atoms with van der Waals surface area (Å²) < 4.78 is 11.9. The van der Waals surface area contributed by atoms with Crippen molar-refractivity contribution in [3.05, 3.63) is 91.8 Å².